The molecule has 0 aromatic heterocycles. The van der Waals surface area contributed by atoms with E-state index in [1.807, 2.05) is 12.2 Å². The largest absolute Gasteiger partial charge is 0.389 e. The summed E-state index contributed by atoms with van der Waals surface area (Å²) < 4.78 is 0. The Morgan fingerprint density at radius 2 is 2.20 bits per heavy atom. The SMILES string of the molecule is C=CC(O)C/C=C/CCBr. The van der Waals surface area contributed by atoms with Gasteiger partial charge in [0.25, 0.3) is 0 Å². The fourth-order valence-corrected chi connectivity index (χ4v) is 0.777. The smallest absolute Gasteiger partial charge is 0.0752 e. The first-order chi connectivity index (χ1) is 4.81. The zero-order valence-electron chi connectivity index (χ0n) is 5.96. The molecule has 0 saturated heterocycles. The van der Waals surface area contributed by atoms with Gasteiger partial charge in [-0.25, -0.2) is 0 Å². The maximum absolute atomic E-state index is 8.98. The zero-order chi connectivity index (χ0) is 7.82. The van der Waals surface area contributed by atoms with E-state index in [1.165, 1.54) is 0 Å². The van der Waals surface area contributed by atoms with Crippen molar-refractivity contribution < 1.29 is 5.11 Å². The molecular weight excluding hydrogens is 192 g/mol. The Kier molecular flexibility index (Phi) is 6.98. The van der Waals surface area contributed by atoms with E-state index < -0.39 is 0 Å². The van der Waals surface area contributed by atoms with Gasteiger partial charge in [-0.05, 0) is 12.8 Å². The summed E-state index contributed by atoms with van der Waals surface area (Å²) in [6.45, 7) is 3.47. The first-order valence-electron chi connectivity index (χ1n) is 3.33. The van der Waals surface area contributed by atoms with E-state index >= 15 is 0 Å². The molecule has 0 amide bonds. The molecule has 0 aliphatic carbocycles. The van der Waals surface area contributed by atoms with Crippen molar-refractivity contribution in [3.05, 3.63) is 24.8 Å². The molecule has 0 aromatic rings. The standard InChI is InChI=1S/C8H13BrO/c1-2-8(10)6-4-3-5-7-9/h2-4,8,10H,1,5-7H2/b4-3+. The number of aliphatic hydroxyl groups excluding tert-OH is 1. The van der Waals surface area contributed by atoms with Gasteiger partial charge in [0.2, 0.25) is 0 Å². The summed E-state index contributed by atoms with van der Waals surface area (Å²) >= 11 is 3.30. The molecule has 2 heteroatoms. The Morgan fingerprint density at radius 1 is 1.50 bits per heavy atom. The van der Waals surface area contributed by atoms with Crippen molar-refractivity contribution in [2.45, 2.75) is 18.9 Å². The quantitative estimate of drug-likeness (QED) is 0.539. The molecular formula is C8H13BrO. The minimum Gasteiger partial charge on any atom is -0.389 e. The minimum absolute atomic E-state index is 0.383. The lowest BCUT2D eigenvalue weighted by Crippen LogP contribution is -1.97. The highest BCUT2D eigenvalue weighted by atomic mass is 79.9. The maximum atomic E-state index is 8.98. The first kappa shape index (κ1) is 9.92. The van der Waals surface area contributed by atoms with E-state index in [-0.39, 0.29) is 6.10 Å². The normalized spacial score (nSPS) is 13.8. The van der Waals surface area contributed by atoms with Crippen molar-refractivity contribution in [1.29, 1.82) is 0 Å². The predicted molar refractivity (Wildman–Crippen MR) is 48.4 cm³/mol. The number of hydrogen-bond donors (Lipinski definition) is 1. The predicted octanol–water partition coefficient (Wildman–Crippen LogP) is 2.26. The molecule has 1 atom stereocenters. The van der Waals surface area contributed by atoms with Crippen LogP contribution in [0, 0.1) is 0 Å². The highest BCUT2D eigenvalue weighted by molar-refractivity contribution is 9.09. The fraction of sp³-hybridized carbons (Fsp3) is 0.500. The van der Waals surface area contributed by atoms with E-state index in [0.717, 1.165) is 11.8 Å². The highest BCUT2D eigenvalue weighted by Crippen LogP contribution is 1.96. The minimum atomic E-state index is -0.383. The molecule has 58 valence electrons. The van der Waals surface area contributed by atoms with Crippen LogP contribution in [0.1, 0.15) is 12.8 Å². The lowest BCUT2D eigenvalue weighted by Gasteiger charge is -1.97. The summed E-state index contributed by atoms with van der Waals surface area (Å²) in [7, 11) is 0. The molecule has 0 fully saturated rings. The van der Waals surface area contributed by atoms with Crippen LogP contribution in [0.15, 0.2) is 24.8 Å². The Labute approximate surface area is 70.6 Å². The van der Waals surface area contributed by atoms with Crippen LogP contribution in [0.5, 0.6) is 0 Å². The topological polar surface area (TPSA) is 20.2 Å². The average molecular weight is 205 g/mol. The van der Waals surface area contributed by atoms with Crippen LogP contribution in [0.4, 0.5) is 0 Å². The van der Waals surface area contributed by atoms with Gasteiger partial charge in [-0.3, -0.25) is 0 Å². The van der Waals surface area contributed by atoms with Gasteiger partial charge < -0.3 is 5.11 Å². The zero-order valence-corrected chi connectivity index (χ0v) is 7.55. The summed E-state index contributed by atoms with van der Waals surface area (Å²) in [6.07, 6.45) is 6.86. The van der Waals surface area contributed by atoms with Gasteiger partial charge in [0, 0.05) is 5.33 Å². The third-order valence-corrected chi connectivity index (χ3v) is 1.55. The van der Waals surface area contributed by atoms with E-state index in [1.54, 1.807) is 6.08 Å². The molecule has 0 heterocycles. The molecule has 0 radical (unpaired) electrons. The number of allylic oxidation sites excluding steroid dienone is 1. The van der Waals surface area contributed by atoms with Crippen LogP contribution in [0.2, 0.25) is 0 Å². The number of rotatable bonds is 5. The first-order valence-corrected chi connectivity index (χ1v) is 4.45. The second-order valence-corrected chi connectivity index (χ2v) is 2.78. The number of hydrogen-bond acceptors (Lipinski definition) is 1. The third-order valence-electron chi connectivity index (χ3n) is 1.09. The van der Waals surface area contributed by atoms with Crippen molar-refractivity contribution in [2.24, 2.45) is 0 Å². The van der Waals surface area contributed by atoms with Gasteiger partial charge in [0.1, 0.15) is 0 Å². The van der Waals surface area contributed by atoms with Gasteiger partial charge >= 0.3 is 0 Å². The molecule has 0 spiro atoms. The molecule has 0 bridgehead atoms. The van der Waals surface area contributed by atoms with E-state index in [2.05, 4.69) is 22.5 Å². The van der Waals surface area contributed by atoms with E-state index in [0.29, 0.717) is 6.42 Å². The lowest BCUT2D eigenvalue weighted by molar-refractivity contribution is 0.227. The summed E-state index contributed by atoms with van der Waals surface area (Å²) in [4.78, 5) is 0. The number of halogens is 1. The molecule has 0 saturated carbocycles. The van der Waals surface area contributed by atoms with Crippen LogP contribution in [-0.4, -0.2) is 16.5 Å². The second-order valence-electron chi connectivity index (χ2n) is 1.99. The lowest BCUT2D eigenvalue weighted by atomic mass is 10.2. The van der Waals surface area contributed by atoms with Gasteiger partial charge in [-0.1, -0.05) is 34.2 Å². The van der Waals surface area contributed by atoms with Crippen molar-refractivity contribution in [3.8, 4) is 0 Å². The molecule has 1 unspecified atom stereocenters. The number of alkyl halides is 1. The van der Waals surface area contributed by atoms with Crippen LogP contribution < -0.4 is 0 Å². The van der Waals surface area contributed by atoms with Gasteiger partial charge in [0.15, 0.2) is 0 Å². The van der Waals surface area contributed by atoms with Gasteiger partial charge in [-0.15, -0.1) is 6.58 Å². The molecule has 0 rings (SSSR count). The molecule has 1 nitrogen and oxygen atoms in total. The van der Waals surface area contributed by atoms with Gasteiger partial charge in [0.05, 0.1) is 6.10 Å². The van der Waals surface area contributed by atoms with Crippen molar-refractivity contribution in [3.63, 3.8) is 0 Å². The Morgan fingerprint density at radius 3 is 2.70 bits per heavy atom. The molecule has 0 aliphatic rings. The van der Waals surface area contributed by atoms with Crippen LogP contribution in [0.3, 0.4) is 0 Å². The summed E-state index contributed by atoms with van der Waals surface area (Å²) in [5.74, 6) is 0. The molecule has 1 N–H and O–H groups in total. The van der Waals surface area contributed by atoms with E-state index in [4.69, 9.17) is 5.11 Å². The van der Waals surface area contributed by atoms with E-state index in [9.17, 15) is 0 Å². The van der Waals surface area contributed by atoms with Crippen molar-refractivity contribution in [2.75, 3.05) is 5.33 Å². The highest BCUT2D eigenvalue weighted by Gasteiger charge is 1.90. The summed E-state index contributed by atoms with van der Waals surface area (Å²) in [5.41, 5.74) is 0. The maximum Gasteiger partial charge on any atom is 0.0752 e. The third kappa shape index (κ3) is 6.05. The van der Waals surface area contributed by atoms with Gasteiger partial charge in [-0.2, -0.15) is 0 Å². The summed E-state index contributed by atoms with van der Waals surface area (Å²) in [5, 5.41) is 9.96. The molecule has 0 aliphatic heterocycles. The van der Waals surface area contributed by atoms with Crippen molar-refractivity contribution in [1.82, 2.24) is 0 Å². The van der Waals surface area contributed by atoms with Crippen LogP contribution in [0.25, 0.3) is 0 Å². The Balaban J connectivity index is 3.24. The monoisotopic (exact) mass is 204 g/mol. The second kappa shape index (κ2) is 7.03. The molecule has 0 aromatic carbocycles. The van der Waals surface area contributed by atoms with Crippen LogP contribution in [-0.2, 0) is 0 Å². The fourth-order valence-electron chi connectivity index (χ4n) is 0.513. The number of aliphatic hydroxyl groups is 1. The Hall–Kier alpha value is -0.0800. The average Bonchev–Trinajstić information content (AvgIpc) is 1.98. The van der Waals surface area contributed by atoms with Crippen molar-refractivity contribution >= 4 is 15.9 Å². The molecule has 10 heavy (non-hydrogen) atoms. The Bertz CT molecular complexity index is 110. The summed E-state index contributed by atoms with van der Waals surface area (Å²) in [6, 6.07) is 0. The van der Waals surface area contributed by atoms with Crippen LogP contribution >= 0.6 is 15.9 Å².